The molecule has 1 aromatic carbocycles. The topological polar surface area (TPSA) is 20.3 Å². The largest absolute Gasteiger partial charge is 0.406 e. The Bertz CT molecular complexity index is 491. The third kappa shape index (κ3) is 5.32. The highest BCUT2D eigenvalue weighted by Gasteiger charge is 2.33. The molecule has 7 heteroatoms. The van der Waals surface area contributed by atoms with Crippen LogP contribution in [0.2, 0.25) is 5.02 Å². The molecule has 0 aliphatic rings. The molecule has 0 bridgehead atoms. The van der Waals surface area contributed by atoms with Gasteiger partial charge in [-0.2, -0.15) is 13.2 Å². The van der Waals surface area contributed by atoms with E-state index in [2.05, 4.69) is 15.9 Å². The maximum Gasteiger partial charge on any atom is 0.406 e. The molecule has 2 nitrogen and oxygen atoms in total. The molecule has 0 radical (unpaired) electrons. The summed E-state index contributed by atoms with van der Waals surface area (Å²) < 4.78 is 38.2. The van der Waals surface area contributed by atoms with Crippen molar-refractivity contribution in [3.63, 3.8) is 0 Å². The van der Waals surface area contributed by atoms with Gasteiger partial charge in [-0.15, -0.1) is 0 Å². The van der Waals surface area contributed by atoms with Gasteiger partial charge in [0, 0.05) is 16.6 Å². The number of rotatable bonds is 4. The maximum absolute atomic E-state index is 12.5. The van der Waals surface area contributed by atoms with Crippen LogP contribution in [-0.2, 0) is 0 Å². The maximum atomic E-state index is 12.5. The van der Waals surface area contributed by atoms with E-state index in [-0.39, 0.29) is 23.0 Å². The van der Waals surface area contributed by atoms with Crippen molar-refractivity contribution in [3.05, 3.63) is 33.3 Å². The first-order valence-corrected chi connectivity index (χ1v) is 7.08. The molecular weight excluding hydrogens is 359 g/mol. The number of carbonyl (C=O) groups is 1. The fourth-order valence-corrected chi connectivity index (χ4v) is 2.12. The Morgan fingerprint density at radius 3 is 2.45 bits per heavy atom. The van der Waals surface area contributed by atoms with Crippen LogP contribution < -0.4 is 0 Å². The van der Waals surface area contributed by atoms with E-state index in [0.29, 0.717) is 4.47 Å². The predicted molar refractivity (Wildman–Crippen MR) is 75.9 cm³/mol. The monoisotopic (exact) mass is 371 g/mol. The molecule has 0 aliphatic heterocycles. The quantitative estimate of drug-likeness (QED) is 0.746. The summed E-state index contributed by atoms with van der Waals surface area (Å²) >= 11 is 9.03. The second-order valence-corrected chi connectivity index (χ2v) is 6.09. The van der Waals surface area contributed by atoms with Crippen LogP contribution in [0.4, 0.5) is 13.2 Å². The third-order valence-electron chi connectivity index (χ3n) is 2.41. The molecule has 1 amide bonds. The standard InChI is InChI=1S/C13H14BrClF3NO/c1-8(2)6-19(7-13(16,17)18)12(20)9-3-4-10(14)11(15)5-9/h3-5,8H,6-7H2,1-2H3. The average Bonchev–Trinajstić information content (AvgIpc) is 2.28. The molecule has 0 unspecified atom stereocenters. The van der Waals surface area contributed by atoms with Gasteiger partial charge in [0.25, 0.3) is 5.91 Å². The number of hydrogen-bond donors (Lipinski definition) is 0. The Morgan fingerprint density at radius 2 is 2.00 bits per heavy atom. The van der Waals surface area contributed by atoms with Gasteiger partial charge in [0.1, 0.15) is 6.54 Å². The summed E-state index contributed by atoms with van der Waals surface area (Å²) in [6.45, 7) is 2.28. The van der Waals surface area contributed by atoms with E-state index in [0.717, 1.165) is 4.90 Å². The van der Waals surface area contributed by atoms with Gasteiger partial charge in [-0.05, 0) is 40.0 Å². The van der Waals surface area contributed by atoms with Crippen LogP contribution in [0, 0.1) is 5.92 Å². The van der Waals surface area contributed by atoms with E-state index >= 15 is 0 Å². The van der Waals surface area contributed by atoms with Crippen LogP contribution in [0.3, 0.4) is 0 Å². The Hall–Kier alpha value is -0.750. The number of alkyl halides is 3. The van der Waals surface area contributed by atoms with E-state index in [4.69, 9.17) is 11.6 Å². The van der Waals surface area contributed by atoms with Crippen molar-refractivity contribution in [2.45, 2.75) is 20.0 Å². The van der Waals surface area contributed by atoms with Gasteiger partial charge in [-0.3, -0.25) is 4.79 Å². The molecule has 0 saturated heterocycles. The normalized spacial score (nSPS) is 11.8. The highest BCUT2D eigenvalue weighted by Crippen LogP contribution is 2.25. The minimum Gasteiger partial charge on any atom is -0.329 e. The summed E-state index contributed by atoms with van der Waals surface area (Å²) in [5.74, 6) is -0.738. The first-order chi connectivity index (χ1) is 9.10. The lowest BCUT2D eigenvalue weighted by molar-refractivity contribution is -0.141. The highest BCUT2D eigenvalue weighted by molar-refractivity contribution is 9.10. The van der Waals surface area contributed by atoms with Crippen LogP contribution in [0.15, 0.2) is 22.7 Å². The number of nitrogens with zero attached hydrogens (tertiary/aromatic N) is 1. The average molecular weight is 373 g/mol. The van der Waals surface area contributed by atoms with Crippen LogP contribution >= 0.6 is 27.5 Å². The Balaban J connectivity index is 2.99. The Labute approximate surface area is 129 Å². The minimum absolute atomic E-state index is 0.0338. The van der Waals surface area contributed by atoms with E-state index in [9.17, 15) is 18.0 Å². The third-order valence-corrected chi connectivity index (χ3v) is 3.64. The molecular formula is C13H14BrClF3NO. The van der Waals surface area contributed by atoms with Gasteiger partial charge < -0.3 is 4.90 Å². The molecule has 0 aromatic heterocycles. The molecule has 0 aliphatic carbocycles. The van der Waals surface area contributed by atoms with Crippen molar-refractivity contribution >= 4 is 33.4 Å². The molecule has 112 valence electrons. The molecule has 20 heavy (non-hydrogen) atoms. The van der Waals surface area contributed by atoms with Crippen LogP contribution in [0.5, 0.6) is 0 Å². The van der Waals surface area contributed by atoms with Crippen LogP contribution in [-0.4, -0.2) is 30.1 Å². The molecule has 0 fully saturated rings. The summed E-state index contributed by atoms with van der Waals surface area (Å²) in [6, 6.07) is 4.34. The van der Waals surface area contributed by atoms with Crippen LogP contribution in [0.1, 0.15) is 24.2 Å². The summed E-state index contributed by atoms with van der Waals surface area (Å²) in [5, 5.41) is 0.285. The lowest BCUT2D eigenvalue weighted by Gasteiger charge is -2.25. The van der Waals surface area contributed by atoms with Crippen molar-refractivity contribution in [1.82, 2.24) is 4.90 Å². The Morgan fingerprint density at radius 1 is 1.40 bits per heavy atom. The lowest BCUT2D eigenvalue weighted by atomic mass is 10.1. The zero-order valence-electron chi connectivity index (χ0n) is 11.0. The summed E-state index contributed by atoms with van der Waals surface area (Å²) in [7, 11) is 0. The number of hydrogen-bond acceptors (Lipinski definition) is 1. The van der Waals surface area contributed by atoms with Gasteiger partial charge in [-0.1, -0.05) is 25.4 Å². The minimum atomic E-state index is -4.43. The fraction of sp³-hybridized carbons (Fsp3) is 0.462. The summed E-state index contributed by atoms with van der Waals surface area (Å²) in [6.07, 6.45) is -4.43. The smallest absolute Gasteiger partial charge is 0.329 e. The number of carbonyl (C=O) groups excluding carboxylic acids is 1. The van der Waals surface area contributed by atoms with E-state index < -0.39 is 18.6 Å². The number of halogens is 5. The molecule has 0 spiro atoms. The highest BCUT2D eigenvalue weighted by atomic mass is 79.9. The number of amides is 1. The Kier molecular flexibility index (Phi) is 5.89. The van der Waals surface area contributed by atoms with Crippen molar-refractivity contribution in [2.75, 3.05) is 13.1 Å². The van der Waals surface area contributed by atoms with Gasteiger partial charge >= 0.3 is 6.18 Å². The molecule has 0 saturated carbocycles. The van der Waals surface area contributed by atoms with Gasteiger partial charge in [0.05, 0.1) is 5.02 Å². The zero-order chi connectivity index (χ0) is 15.5. The van der Waals surface area contributed by atoms with Crippen molar-refractivity contribution < 1.29 is 18.0 Å². The summed E-state index contributed by atoms with van der Waals surface area (Å²) in [5.41, 5.74) is 0.142. The first kappa shape index (κ1) is 17.3. The molecule has 1 rings (SSSR count). The second-order valence-electron chi connectivity index (χ2n) is 4.82. The van der Waals surface area contributed by atoms with E-state index in [1.165, 1.54) is 18.2 Å². The van der Waals surface area contributed by atoms with Gasteiger partial charge in [-0.25, -0.2) is 0 Å². The van der Waals surface area contributed by atoms with E-state index in [1.807, 2.05) is 0 Å². The van der Waals surface area contributed by atoms with E-state index in [1.54, 1.807) is 13.8 Å². The van der Waals surface area contributed by atoms with Crippen molar-refractivity contribution in [2.24, 2.45) is 5.92 Å². The zero-order valence-corrected chi connectivity index (χ0v) is 13.3. The molecule has 0 N–H and O–H groups in total. The van der Waals surface area contributed by atoms with Crippen LogP contribution in [0.25, 0.3) is 0 Å². The van der Waals surface area contributed by atoms with Gasteiger partial charge in [0.15, 0.2) is 0 Å². The lowest BCUT2D eigenvalue weighted by Crippen LogP contribution is -2.41. The molecule has 0 heterocycles. The fourth-order valence-electron chi connectivity index (χ4n) is 1.69. The second kappa shape index (κ2) is 6.80. The summed E-state index contributed by atoms with van der Waals surface area (Å²) in [4.78, 5) is 13.0. The molecule has 0 atom stereocenters. The van der Waals surface area contributed by atoms with Gasteiger partial charge in [0.2, 0.25) is 0 Å². The van der Waals surface area contributed by atoms with Crippen molar-refractivity contribution in [1.29, 1.82) is 0 Å². The SMILES string of the molecule is CC(C)CN(CC(F)(F)F)C(=O)c1ccc(Br)c(Cl)c1. The first-order valence-electron chi connectivity index (χ1n) is 5.91. The van der Waals surface area contributed by atoms with Crippen molar-refractivity contribution in [3.8, 4) is 0 Å². The predicted octanol–water partition coefficient (Wildman–Crippen LogP) is 4.76. The molecule has 1 aromatic rings. The number of benzene rings is 1.